The van der Waals surface area contributed by atoms with Crippen LogP contribution < -0.4 is 0 Å². The molecule has 0 unspecified atom stereocenters. The summed E-state index contributed by atoms with van der Waals surface area (Å²) in [7, 11) is 3.62. The molecule has 0 bridgehead atoms. The van der Waals surface area contributed by atoms with Gasteiger partial charge in [0.1, 0.15) is 0 Å². The molecule has 3 heteroatoms. The van der Waals surface area contributed by atoms with Gasteiger partial charge >= 0.3 is 0 Å². The van der Waals surface area contributed by atoms with E-state index in [0.717, 1.165) is 0 Å². The third-order valence-corrected chi connectivity index (χ3v) is 6.45. The van der Waals surface area contributed by atoms with Crippen LogP contribution >= 0.6 is 33.3 Å². The van der Waals surface area contributed by atoms with E-state index in [-0.39, 0.29) is 0 Å². The Labute approximate surface area is 137 Å². The standard InChI is InChI=1S/C18H14S3/c1-3-9-15(10-4-1)19-17-13-7-8-14-18(17)21-20-16-11-5-2-6-12-16/h1-14H. The van der Waals surface area contributed by atoms with Crippen LogP contribution in [0.15, 0.2) is 105 Å². The fourth-order valence-electron chi connectivity index (χ4n) is 1.79. The third kappa shape index (κ3) is 4.34. The molecule has 0 fully saturated rings. The Hall–Kier alpha value is -1.29. The minimum Gasteiger partial charge on any atom is -0.0889 e. The smallest absolute Gasteiger partial charge is 0.0325 e. The molecule has 3 aromatic rings. The first-order valence-electron chi connectivity index (χ1n) is 6.63. The van der Waals surface area contributed by atoms with Crippen molar-refractivity contribution < 1.29 is 0 Å². The number of hydrogen-bond donors (Lipinski definition) is 0. The van der Waals surface area contributed by atoms with E-state index in [1.165, 1.54) is 19.6 Å². The summed E-state index contributed by atoms with van der Waals surface area (Å²) in [6.45, 7) is 0. The summed E-state index contributed by atoms with van der Waals surface area (Å²) < 4.78 is 0. The van der Waals surface area contributed by atoms with Gasteiger partial charge in [0.25, 0.3) is 0 Å². The highest BCUT2D eigenvalue weighted by atomic mass is 33.1. The van der Waals surface area contributed by atoms with Crippen LogP contribution in [0.4, 0.5) is 0 Å². The van der Waals surface area contributed by atoms with Gasteiger partial charge in [0.05, 0.1) is 0 Å². The summed E-state index contributed by atoms with van der Waals surface area (Å²) in [4.78, 5) is 5.16. The van der Waals surface area contributed by atoms with E-state index in [1.807, 2.05) is 28.6 Å². The maximum absolute atomic E-state index is 2.19. The SMILES string of the molecule is c1ccc(SSc2ccccc2Sc2ccccc2)cc1. The van der Waals surface area contributed by atoms with Gasteiger partial charge in [-0.2, -0.15) is 0 Å². The molecule has 21 heavy (non-hydrogen) atoms. The van der Waals surface area contributed by atoms with E-state index in [1.54, 1.807) is 10.8 Å². The third-order valence-electron chi connectivity index (χ3n) is 2.79. The highest BCUT2D eigenvalue weighted by molar-refractivity contribution is 8.76. The van der Waals surface area contributed by atoms with E-state index >= 15 is 0 Å². The lowest BCUT2D eigenvalue weighted by atomic mass is 10.4. The predicted molar refractivity (Wildman–Crippen MR) is 95.2 cm³/mol. The quantitative estimate of drug-likeness (QED) is 0.482. The Kier molecular flexibility index (Phi) is 5.33. The van der Waals surface area contributed by atoms with Crippen LogP contribution in [0.1, 0.15) is 0 Å². The molecule has 0 N–H and O–H groups in total. The topological polar surface area (TPSA) is 0 Å². The minimum atomic E-state index is 1.27. The molecule has 104 valence electrons. The van der Waals surface area contributed by atoms with Gasteiger partial charge in [-0.1, -0.05) is 81.9 Å². The highest BCUT2D eigenvalue weighted by Gasteiger charge is 2.05. The van der Waals surface area contributed by atoms with Crippen LogP contribution in [-0.4, -0.2) is 0 Å². The molecular weight excluding hydrogens is 312 g/mol. The van der Waals surface area contributed by atoms with Crippen LogP contribution in [0.5, 0.6) is 0 Å². The highest BCUT2D eigenvalue weighted by Crippen LogP contribution is 2.43. The van der Waals surface area contributed by atoms with E-state index in [4.69, 9.17) is 0 Å². The summed E-state index contributed by atoms with van der Waals surface area (Å²) in [6, 6.07) is 29.6. The Morgan fingerprint density at radius 1 is 0.429 bits per heavy atom. The van der Waals surface area contributed by atoms with Crippen LogP contribution in [0.3, 0.4) is 0 Å². The van der Waals surface area contributed by atoms with Crippen LogP contribution in [-0.2, 0) is 0 Å². The van der Waals surface area contributed by atoms with Crippen molar-refractivity contribution in [3.8, 4) is 0 Å². The van der Waals surface area contributed by atoms with Crippen molar-refractivity contribution in [1.82, 2.24) is 0 Å². The summed E-state index contributed by atoms with van der Waals surface area (Å²) >= 11 is 1.82. The molecule has 0 atom stereocenters. The Morgan fingerprint density at radius 3 is 1.62 bits per heavy atom. The fraction of sp³-hybridized carbons (Fsp3) is 0. The average Bonchev–Trinajstić information content (AvgIpc) is 2.56. The van der Waals surface area contributed by atoms with Crippen LogP contribution in [0, 0.1) is 0 Å². The molecule has 0 heterocycles. The second-order valence-electron chi connectivity index (χ2n) is 4.34. The van der Waals surface area contributed by atoms with Crippen molar-refractivity contribution in [2.75, 3.05) is 0 Å². The first-order valence-corrected chi connectivity index (χ1v) is 9.60. The first-order chi connectivity index (χ1) is 10.4. The van der Waals surface area contributed by atoms with Crippen molar-refractivity contribution in [2.24, 2.45) is 0 Å². The van der Waals surface area contributed by atoms with Gasteiger partial charge in [0.15, 0.2) is 0 Å². The Balaban J connectivity index is 1.73. The van der Waals surface area contributed by atoms with Crippen molar-refractivity contribution in [1.29, 1.82) is 0 Å². The van der Waals surface area contributed by atoms with E-state index in [9.17, 15) is 0 Å². The summed E-state index contributed by atoms with van der Waals surface area (Å²) in [5.41, 5.74) is 0. The summed E-state index contributed by atoms with van der Waals surface area (Å²) in [5, 5.41) is 0. The van der Waals surface area contributed by atoms with Crippen molar-refractivity contribution in [2.45, 2.75) is 19.6 Å². The second kappa shape index (κ2) is 7.64. The molecule has 3 rings (SSSR count). The van der Waals surface area contributed by atoms with E-state index < -0.39 is 0 Å². The van der Waals surface area contributed by atoms with Crippen LogP contribution in [0.25, 0.3) is 0 Å². The summed E-state index contributed by atoms with van der Waals surface area (Å²) in [6.07, 6.45) is 0. The van der Waals surface area contributed by atoms with Crippen LogP contribution in [0.2, 0.25) is 0 Å². The first kappa shape index (κ1) is 14.6. The molecule has 3 aromatic carbocycles. The molecule has 0 aliphatic heterocycles. The van der Waals surface area contributed by atoms with E-state index in [2.05, 4.69) is 78.9 Å². The molecule has 0 saturated carbocycles. The van der Waals surface area contributed by atoms with Gasteiger partial charge < -0.3 is 0 Å². The normalized spacial score (nSPS) is 10.5. The van der Waals surface area contributed by atoms with Crippen molar-refractivity contribution in [3.63, 3.8) is 0 Å². The van der Waals surface area contributed by atoms with Gasteiger partial charge in [0.2, 0.25) is 0 Å². The van der Waals surface area contributed by atoms with Gasteiger partial charge in [-0.25, -0.2) is 0 Å². The molecule has 0 aliphatic carbocycles. The lowest BCUT2D eigenvalue weighted by Gasteiger charge is -2.08. The maximum atomic E-state index is 2.19. The van der Waals surface area contributed by atoms with Gasteiger partial charge in [-0.15, -0.1) is 0 Å². The fourth-order valence-corrected chi connectivity index (χ4v) is 5.12. The van der Waals surface area contributed by atoms with Crippen molar-refractivity contribution in [3.05, 3.63) is 84.9 Å². The zero-order valence-corrected chi connectivity index (χ0v) is 13.8. The number of rotatable bonds is 5. The zero-order valence-electron chi connectivity index (χ0n) is 11.3. The monoisotopic (exact) mass is 326 g/mol. The largest absolute Gasteiger partial charge is 0.0889 e. The van der Waals surface area contributed by atoms with E-state index in [0.29, 0.717) is 0 Å². The number of benzene rings is 3. The average molecular weight is 327 g/mol. The Morgan fingerprint density at radius 2 is 0.952 bits per heavy atom. The number of hydrogen-bond acceptors (Lipinski definition) is 3. The minimum absolute atomic E-state index is 1.27. The molecular formula is C18H14S3. The summed E-state index contributed by atoms with van der Waals surface area (Å²) in [5.74, 6) is 0. The lowest BCUT2D eigenvalue weighted by molar-refractivity contribution is 1.25. The molecule has 0 aliphatic rings. The van der Waals surface area contributed by atoms with Gasteiger partial charge in [-0.05, 0) is 36.4 Å². The molecule has 0 spiro atoms. The predicted octanol–water partition coefficient (Wildman–Crippen LogP) is 6.64. The lowest BCUT2D eigenvalue weighted by Crippen LogP contribution is -1.77. The Bertz CT molecular complexity index is 681. The van der Waals surface area contributed by atoms with Crippen molar-refractivity contribution >= 4 is 33.3 Å². The van der Waals surface area contributed by atoms with Gasteiger partial charge in [-0.3, -0.25) is 0 Å². The molecule has 0 aromatic heterocycles. The molecule has 0 saturated heterocycles. The maximum Gasteiger partial charge on any atom is 0.0325 e. The van der Waals surface area contributed by atoms with Gasteiger partial charge in [0, 0.05) is 19.6 Å². The zero-order chi connectivity index (χ0) is 14.3. The molecule has 0 nitrogen and oxygen atoms in total. The molecule has 0 amide bonds. The second-order valence-corrected chi connectivity index (χ2v) is 7.70. The molecule has 0 radical (unpaired) electrons.